The van der Waals surface area contributed by atoms with Crippen molar-refractivity contribution in [3.8, 4) is 0 Å². The lowest BCUT2D eigenvalue weighted by atomic mass is 9.82. The molecule has 248 valence electrons. The minimum atomic E-state index is -0.208. The predicted octanol–water partition coefficient (Wildman–Crippen LogP) is 9.29. The summed E-state index contributed by atoms with van der Waals surface area (Å²) in [5.41, 5.74) is 24.1. The summed E-state index contributed by atoms with van der Waals surface area (Å²) >= 11 is 1.61. The molecular formula is C44H46N4S. The molecule has 5 unspecified atom stereocenters. The Morgan fingerprint density at radius 3 is 2.29 bits per heavy atom. The maximum Gasteiger partial charge on any atom is 0.134 e. The molecule has 3 aliphatic carbocycles. The number of nitrogens with one attached hydrogen (secondary N) is 1. The zero-order valence-electron chi connectivity index (χ0n) is 28.6. The number of hydrogen-bond donors (Lipinski definition) is 3. The van der Waals surface area contributed by atoms with Crippen LogP contribution in [0, 0.1) is 11.8 Å². The molecule has 0 bridgehead atoms. The van der Waals surface area contributed by atoms with Gasteiger partial charge in [0.05, 0.1) is 22.5 Å². The third-order valence-corrected chi connectivity index (χ3v) is 10.9. The van der Waals surface area contributed by atoms with E-state index in [2.05, 4.69) is 166 Å². The van der Waals surface area contributed by atoms with Gasteiger partial charge in [-0.3, -0.25) is 0 Å². The molecule has 5 atom stereocenters. The Labute approximate surface area is 295 Å². The zero-order chi connectivity index (χ0) is 34.0. The molecule has 0 fully saturated rings. The summed E-state index contributed by atoms with van der Waals surface area (Å²) in [5, 5.41) is 3.38. The van der Waals surface area contributed by atoms with E-state index in [-0.39, 0.29) is 28.1 Å². The van der Waals surface area contributed by atoms with Gasteiger partial charge in [0.25, 0.3) is 0 Å². The number of nitrogens with two attached hydrogens (primary N) is 2. The number of benzene rings is 3. The monoisotopic (exact) mass is 662 g/mol. The molecule has 49 heavy (non-hydrogen) atoms. The third kappa shape index (κ3) is 7.60. The number of thioether (sulfide) groups is 1. The highest BCUT2D eigenvalue weighted by Gasteiger charge is 2.28. The van der Waals surface area contributed by atoms with Gasteiger partial charge in [-0.2, -0.15) is 0 Å². The van der Waals surface area contributed by atoms with Crippen LogP contribution in [-0.4, -0.2) is 17.3 Å². The summed E-state index contributed by atoms with van der Waals surface area (Å²) < 4.78 is 0. The van der Waals surface area contributed by atoms with E-state index in [1.54, 1.807) is 11.8 Å². The minimum absolute atomic E-state index is 0.0723. The Kier molecular flexibility index (Phi) is 9.59. The van der Waals surface area contributed by atoms with Crippen molar-refractivity contribution >= 4 is 23.2 Å². The summed E-state index contributed by atoms with van der Waals surface area (Å²) in [6, 6.07) is 29.8. The highest BCUT2D eigenvalue weighted by molar-refractivity contribution is 8.00. The normalized spacial score (nSPS) is 23.1. The van der Waals surface area contributed by atoms with E-state index in [0.717, 1.165) is 41.1 Å². The molecule has 0 radical (unpaired) electrons. The fourth-order valence-corrected chi connectivity index (χ4v) is 7.83. The van der Waals surface area contributed by atoms with E-state index in [0.29, 0.717) is 5.92 Å². The molecule has 5 N–H and O–H groups in total. The highest BCUT2D eigenvalue weighted by Crippen LogP contribution is 2.38. The van der Waals surface area contributed by atoms with Crippen LogP contribution in [-0.2, 0) is 5.41 Å². The van der Waals surface area contributed by atoms with E-state index in [9.17, 15) is 0 Å². The Morgan fingerprint density at radius 2 is 1.53 bits per heavy atom. The van der Waals surface area contributed by atoms with Crippen LogP contribution in [0.2, 0.25) is 0 Å². The fourth-order valence-electron chi connectivity index (χ4n) is 6.89. The lowest BCUT2D eigenvalue weighted by Gasteiger charge is -2.31. The number of aliphatic imine (C=N–C) groups is 1. The molecule has 0 aromatic heterocycles. The molecule has 5 heteroatoms. The van der Waals surface area contributed by atoms with Gasteiger partial charge in [-0.25, -0.2) is 4.99 Å². The van der Waals surface area contributed by atoms with Gasteiger partial charge in [0.2, 0.25) is 0 Å². The SMILES string of the molecule is CC(C)(C)c1cccc(C(N)SC(N)C2=CC3CC=C(C4=CC(C5C=C(c6ccccc6)C=CC5)NC(c5ccccc5)=N4)C=C3C=C2)c1. The second kappa shape index (κ2) is 14.2. The molecule has 0 amide bonds. The first-order valence-corrected chi connectivity index (χ1v) is 18.3. The van der Waals surface area contributed by atoms with Gasteiger partial charge in [0.1, 0.15) is 5.84 Å². The van der Waals surface area contributed by atoms with Crippen molar-refractivity contribution in [2.24, 2.45) is 28.3 Å². The van der Waals surface area contributed by atoms with Crippen molar-refractivity contribution in [1.29, 1.82) is 0 Å². The number of rotatable bonds is 8. The van der Waals surface area contributed by atoms with E-state index in [1.807, 2.05) is 0 Å². The fraction of sp³-hybridized carbons (Fsp3) is 0.250. The Balaban J connectivity index is 1.10. The summed E-state index contributed by atoms with van der Waals surface area (Å²) in [7, 11) is 0. The van der Waals surface area contributed by atoms with Gasteiger partial charge in [-0.1, -0.05) is 148 Å². The van der Waals surface area contributed by atoms with Gasteiger partial charge in [0, 0.05) is 17.4 Å². The molecule has 4 nitrogen and oxygen atoms in total. The molecule has 0 saturated heterocycles. The van der Waals surface area contributed by atoms with Crippen LogP contribution in [0.25, 0.3) is 5.57 Å². The van der Waals surface area contributed by atoms with Crippen LogP contribution in [0.1, 0.15) is 61.2 Å². The molecule has 4 aliphatic rings. The van der Waals surface area contributed by atoms with E-state index >= 15 is 0 Å². The van der Waals surface area contributed by atoms with Gasteiger partial charge < -0.3 is 16.8 Å². The van der Waals surface area contributed by atoms with Crippen molar-refractivity contribution in [3.05, 3.63) is 184 Å². The average Bonchev–Trinajstić information content (AvgIpc) is 3.14. The lowest BCUT2D eigenvalue weighted by molar-refractivity contribution is 0.532. The summed E-state index contributed by atoms with van der Waals surface area (Å²) in [5.74, 6) is 1.50. The third-order valence-electron chi connectivity index (χ3n) is 9.79. The molecule has 0 saturated carbocycles. The second-order valence-corrected chi connectivity index (χ2v) is 15.6. The first-order chi connectivity index (χ1) is 23.7. The summed E-state index contributed by atoms with van der Waals surface area (Å²) in [6.07, 6.45) is 22.6. The molecule has 3 aromatic rings. The predicted molar refractivity (Wildman–Crippen MR) is 209 cm³/mol. The van der Waals surface area contributed by atoms with Crippen LogP contribution in [0.3, 0.4) is 0 Å². The summed E-state index contributed by atoms with van der Waals surface area (Å²) in [6.45, 7) is 6.68. The maximum absolute atomic E-state index is 6.77. The highest BCUT2D eigenvalue weighted by atomic mass is 32.2. The van der Waals surface area contributed by atoms with Gasteiger partial charge in [-0.15, -0.1) is 11.8 Å². The van der Waals surface area contributed by atoms with E-state index < -0.39 is 0 Å². The number of hydrogen-bond acceptors (Lipinski definition) is 5. The van der Waals surface area contributed by atoms with Crippen molar-refractivity contribution < 1.29 is 0 Å². The number of allylic oxidation sites excluding steroid dienone is 8. The molecule has 1 heterocycles. The molecule has 1 aliphatic heterocycles. The molecule has 7 rings (SSSR count). The smallest absolute Gasteiger partial charge is 0.134 e. The Morgan fingerprint density at radius 1 is 0.776 bits per heavy atom. The standard InChI is InChI=1S/C44H46N4S/c1-44(2,3)38-19-11-18-36(27-38)41(45)49-42(46)37-23-21-32-25-35(22-20-33(32)26-37)40-28-39(47-43(48-40)30-14-8-5-9-15-30)34-17-10-16-31(24-34)29-12-6-4-7-13-29/h4-16,18-19,21-28,33-34,39,41-42H,17,20,45-46H2,1-3H3,(H,47,48). The molecule has 0 spiro atoms. The topological polar surface area (TPSA) is 76.4 Å². The van der Waals surface area contributed by atoms with E-state index in [4.69, 9.17) is 16.5 Å². The van der Waals surface area contributed by atoms with Gasteiger partial charge in [0.15, 0.2) is 0 Å². The van der Waals surface area contributed by atoms with E-state index in [1.165, 1.54) is 27.8 Å². The number of fused-ring (bicyclic) bond motifs is 1. The quantitative estimate of drug-likeness (QED) is 0.210. The summed E-state index contributed by atoms with van der Waals surface area (Å²) in [4.78, 5) is 5.20. The van der Waals surface area contributed by atoms with Crippen molar-refractivity contribution in [1.82, 2.24) is 5.32 Å². The van der Waals surface area contributed by atoms with Crippen molar-refractivity contribution in [2.45, 2.75) is 55.8 Å². The lowest BCUT2D eigenvalue weighted by Crippen LogP contribution is -2.41. The van der Waals surface area contributed by atoms with Crippen LogP contribution in [0.5, 0.6) is 0 Å². The van der Waals surface area contributed by atoms with Crippen LogP contribution < -0.4 is 16.8 Å². The second-order valence-electron chi connectivity index (χ2n) is 14.3. The first-order valence-electron chi connectivity index (χ1n) is 17.4. The van der Waals surface area contributed by atoms with Crippen LogP contribution >= 0.6 is 11.8 Å². The molecular weight excluding hydrogens is 617 g/mol. The van der Waals surface area contributed by atoms with Gasteiger partial charge >= 0.3 is 0 Å². The van der Waals surface area contributed by atoms with Gasteiger partial charge in [-0.05, 0) is 69.4 Å². The Hall–Kier alpha value is -4.42. The van der Waals surface area contributed by atoms with Crippen LogP contribution in [0.15, 0.2) is 167 Å². The van der Waals surface area contributed by atoms with Crippen molar-refractivity contribution in [3.63, 3.8) is 0 Å². The number of amidine groups is 1. The Bertz CT molecular complexity index is 1930. The molecule has 3 aromatic carbocycles. The number of nitrogens with zero attached hydrogens (tertiary/aromatic N) is 1. The average molecular weight is 663 g/mol. The largest absolute Gasteiger partial charge is 0.363 e. The minimum Gasteiger partial charge on any atom is -0.363 e. The first kappa shape index (κ1) is 33.1. The van der Waals surface area contributed by atoms with Crippen LogP contribution in [0.4, 0.5) is 0 Å². The zero-order valence-corrected chi connectivity index (χ0v) is 29.4. The van der Waals surface area contributed by atoms with Crippen molar-refractivity contribution in [2.75, 3.05) is 0 Å². The maximum atomic E-state index is 6.77.